The number of hydrogen-bond donors (Lipinski definition) is 6. The van der Waals surface area contributed by atoms with Gasteiger partial charge in [-0.15, -0.1) is 0 Å². The summed E-state index contributed by atoms with van der Waals surface area (Å²) in [6.45, 7) is 3.41. The lowest BCUT2D eigenvalue weighted by Gasteiger charge is -2.35. The average molecular weight is 405 g/mol. The van der Waals surface area contributed by atoms with Gasteiger partial charge in [-0.25, -0.2) is 0 Å². The molecule has 162 valence electrons. The van der Waals surface area contributed by atoms with Gasteiger partial charge in [0, 0.05) is 49.2 Å². The van der Waals surface area contributed by atoms with Gasteiger partial charge in [0.2, 0.25) is 11.9 Å². The van der Waals surface area contributed by atoms with E-state index in [-0.39, 0.29) is 30.1 Å². The van der Waals surface area contributed by atoms with Gasteiger partial charge >= 0.3 is 0 Å². The molecule has 10 N–H and O–H groups in total. The second-order valence-corrected chi connectivity index (χ2v) is 9.07. The summed E-state index contributed by atoms with van der Waals surface area (Å²) < 4.78 is 0. The lowest BCUT2D eigenvalue weighted by atomic mass is 9.83. The predicted octanol–water partition coefficient (Wildman–Crippen LogP) is -1.18. The highest BCUT2D eigenvalue weighted by Crippen LogP contribution is 2.31. The molecule has 10 nitrogen and oxygen atoms in total. The van der Waals surface area contributed by atoms with Crippen molar-refractivity contribution in [3.05, 3.63) is 5.82 Å². The van der Waals surface area contributed by atoms with Crippen molar-refractivity contribution in [3.63, 3.8) is 0 Å². The highest BCUT2D eigenvalue weighted by atomic mass is 15.3. The van der Waals surface area contributed by atoms with Crippen LogP contribution in [0.4, 0.5) is 11.9 Å². The number of nitrogens with zero attached hydrogens (tertiary/aromatic N) is 4. The fraction of sp³-hybridized carbons (Fsp3) is 0.842. The zero-order valence-corrected chi connectivity index (χ0v) is 17.1. The molecule has 29 heavy (non-hydrogen) atoms. The molecule has 0 spiro atoms. The van der Waals surface area contributed by atoms with E-state index in [1.54, 1.807) is 0 Å². The fourth-order valence-electron chi connectivity index (χ4n) is 4.88. The lowest BCUT2D eigenvalue weighted by molar-refractivity contribution is 0.342. The Hall–Kier alpha value is -1.59. The molecule has 0 aromatic carbocycles. The van der Waals surface area contributed by atoms with Crippen molar-refractivity contribution >= 4 is 11.9 Å². The van der Waals surface area contributed by atoms with Crippen LogP contribution in [0.3, 0.4) is 0 Å². The Labute approximate surface area is 172 Å². The molecule has 4 rings (SSSR count). The maximum Gasteiger partial charge on any atom is 0.230 e. The third-order valence-electron chi connectivity index (χ3n) is 6.26. The first-order valence-corrected chi connectivity index (χ1v) is 11.0. The summed E-state index contributed by atoms with van der Waals surface area (Å²) in [5, 5.41) is 6.92. The smallest absolute Gasteiger partial charge is 0.230 e. The van der Waals surface area contributed by atoms with Gasteiger partial charge in [-0.05, 0) is 51.6 Å². The zero-order valence-electron chi connectivity index (χ0n) is 17.1. The number of nitrogens with one attached hydrogen (secondary N) is 2. The van der Waals surface area contributed by atoms with E-state index in [4.69, 9.17) is 37.9 Å². The van der Waals surface area contributed by atoms with Gasteiger partial charge in [-0.1, -0.05) is 0 Å². The molecule has 2 saturated heterocycles. The van der Waals surface area contributed by atoms with Crippen molar-refractivity contribution in [2.24, 2.45) is 22.9 Å². The highest BCUT2D eigenvalue weighted by molar-refractivity contribution is 5.40. The van der Waals surface area contributed by atoms with Crippen molar-refractivity contribution in [1.29, 1.82) is 0 Å². The van der Waals surface area contributed by atoms with E-state index >= 15 is 0 Å². The van der Waals surface area contributed by atoms with Crippen LogP contribution in [0.2, 0.25) is 0 Å². The summed E-state index contributed by atoms with van der Waals surface area (Å²) in [6, 6.07) is 0.581. The van der Waals surface area contributed by atoms with E-state index in [1.807, 2.05) is 0 Å². The maximum absolute atomic E-state index is 6.24. The third-order valence-corrected chi connectivity index (χ3v) is 6.26. The largest absolute Gasteiger partial charge is 0.351 e. The molecule has 5 atom stereocenters. The van der Waals surface area contributed by atoms with Crippen molar-refractivity contribution in [3.8, 4) is 0 Å². The molecular weight excluding hydrogens is 368 g/mol. The fourth-order valence-corrected chi connectivity index (χ4v) is 4.88. The Morgan fingerprint density at radius 2 is 1.41 bits per heavy atom. The van der Waals surface area contributed by atoms with Gasteiger partial charge in [-0.2, -0.15) is 15.0 Å². The van der Waals surface area contributed by atoms with E-state index < -0.39 is 0 Å². The van der Waals surface area contributed by atoms with Gasteiger partial charge in [0.1, 0.15) is 5.82 Å². The molecule has 2 aliphatic heterocycles. The maximum atomic E-state index is 6.24. The Bertz CT molecular complexity index is 615. The van der Waals surface area contributed by atoms with Crippen LogP contribution in [-0.4, -0.2) is 71.3 Å². The van der Waals surface area contributed by atoms with Crippen molar-refractivity contribution in [2.45, 2.75) is 74.7 Å². The van der Waals surface area contributed by atoms with Crippen molar-refractivity contribution in [1.82, 2.24) is 20.3 Å². The zero-order chi connectivity index (χ0) is 20.4. The summed E-state index contributed by atoms with van der Waals surface area (Å²) in [4.78, 5) is 16.5. The molecular formula is C19H36N10. The van der Waals surface area contributed by atoms with Crippen molar-refractivity contribution < 1.29 is 0 Å². The number of hydrogen-bond acceptors (Lipinski definition) is 10. The van der Waals surface area contributed by atoms with E-state index in [9.17, 15) is 0 Å². The first kappa shape index (κ1) is 20.7. The van der Waals surface area contributed by atoms with Gasteiger partial charge in [0.05, 0.1) is 0 Å². The number of anilines is 2. The molecule has 3 heterocycles. The van der Waals surface area contributed by atoms with Crippen LogP contribution in [0.5, 0.6) is 0 Å². The van der Waals surface area contributed by atoms with Crippen LogP contribution in [-0.2, 0) is 0 Å². The SMILES string of the molecule is N[C@@H]1CC(c2nc(NC3CCNCC3)nc(N3C[C@H](N)C[C@H](N)C3)n2)C[C@H](N)C1. The molecule has 1 aliphatic carbocycles. The molecule has 1 aromatic rings. The molecule has 3 aliphatic rings. The minimum Gasteiger partial charge on any atom is -0.351 e. The molecule has 0 bridgehead atoms. The minimum atomic E-state index is 0.0244. The normalized spacial score (nSPS) is 34.2. The molecule has 1 aromatic heterocycles. The van der Waals surface area contributed by atoms with Gasteiger partial charge in [0.15, 0.2) is 0 Å². The van der Waals surface area contributed by atoms with Gasteiger partial charge < -0.3 is 38.5 Å². The molecule has 0 radical (unpaired) electrons. The van der Waals surface area contributed by atoms with Crippen molar-refractivity contribution in [2.75, 3.05) is 36.4 Å². The van der Waals surface area contributed by atoms with E-state index in [0.717, 1.165) is 57.4 Å². The predicted molar refractivity (Wildman–Crippen MR) is 115 cm³/mol. The summed E-state index contributed by atoms with van der Waals surface area (Å²) in [6.07, 6.45) is 5.47. The summed E-state index contributed by atoms with van der Waals surface area (Å²) in [5.74, 6) is 2.23. The van der Waals surface area contributed by atoms with Gasteiger partial charge in [0.25, 0.3) is 0 Å². The van der Waals surface area contributed by atoms with E-state index in [0.29, 0.717) is 31.0 Å². The Morgan fingerprint density at radius 1 is 0.793 bits per heavy atom. The summed E-state index contributed by atoms with van der Waals surface area (Å²) in [7, 11) is 0. The van der Waals surface area contributed by atoms with Crippen LogP contribution in [0, 0.1) is 0 Å². The first-order chi connectivity index (χ1) is 14.0. The van der Waals surface area contributed by atoms with Crippen LogP contribution in [0.25, 0.3) is 0 Å². The van der Waals surface area contributed by atoms with E-state index in [2.05, 4.69) is 15.5 Å². The average Bonchev–Trinajstić information content (AvgIpc) is 2.67. The second kappa shape index (κ2) is 9.05. The van der Waals surface area contributed by atoms with E-state index in [1.165, 1.54) is 0 Å². The second-order valence-electron chi connectivity index (χ2n) is 9.07. The number of piperidine rings is 2. The molecule has 10 heteroatoms. The van der Waals surface area contributed by atoms with Gasteiger partial charge in [-0.3, -0.25) is 0 Å². The topological polar surface area (TPSA) is 170 Å². The van der Waals surface area contributed by atoms with Crippen LogP contribution >= 0.6 is 0 Å². The molecule has 1 unspecified atom stereocenters. The lowest BCUT2D eigenvalue weighted by Crippen LogP contribution is -2.53. The van der Waals surface area contributed by atoms with Crippen LogP contribution < -0.4 is 38.5 Å². The molecule has 1 saturated carbocycles. The number of aromatic nitrogens is 3. The third kappa shape index (κ3) is 5.32. The Morgan fingerprint density at radius 3 is 2.07 bits per heavy atom. The standard InChI is InChI=1S/C19H36N10/c20-12-5-11(6-13(21)7-12)17-26-18(25-16-1-3-24-4-2-16)28-19(27-17)29-9-14(22)8-15(23)10-29/h11-16,24H,1-10,20-23H2,(H,25,26,27,28)/t11?,12-,13+,14-,15+. The highest BCUT2D eigenvalue weighted by Gasteiger charge is 2.31. The number of nitrogens with two attached hydrogens (primary N) is 4. The van der Waals surface area contributed by atoms with Crippen LogP contribution in [0.1, 0.15) is 50.3 Å². The van der Waals surface area contributed by atoms with Crippen LogP contribution in [0.15, 0.2) is 0 Å². The first-order valence-electron chi connectivity index (χ1n) is 11.0. The Kier molecular flexibility index (Phi) is 6.45. The number of rotatable bonds is 4. The Balaban J connectivity index is 1.61. The summed E-state index contributed by atoms with van der Waals surface area (Å²) >= 11 is 0. The molecule has 3 fully saturated rings. The minimum absolute atomic E-state index is 0.0244. The summed E-state index contributed by atoms with van der Waals surface area (Å²) in [5.41, 5.74) is 24.9. The monoisotopic (exact) mass is 404 g/mol. The molecule has 0 amide bonds. The quantitative estimate of drug-likeness (QED) is 0.359.